The van der Waals surface area contributed by atoms with Crippen LogP contribution in [0.3, 0.4) is 0 Å². The average Bonchev–Trinajstić information content (AvgIpc) is 2.37. The molecule has 0 heterocycles. The van der Waals surface area contributed by atoms with Gasteiger partial charge in [-0.2, -0.15) is 5.26 Å². The quantitative estimate of drug-likeness (QED) is 0.729. The molecular formula is C14H13NO2. The average molecular weight is 227 g/mol. The fraction of sp³-hybridized carbons (Fsp3) is 0.286. The fourth-order valence-corrected chi connectivity index (χ4v) is 2.08. The van der Waals surface area contributed by atoms with Crippen molar-refractivity contribution in [3.05, 3.63) is 41.5 Å². The predicted molar refractivity (Wildman–Crippen MR) is 64.0 cm³/mol. The van der Waals surface area contributed by atoms with Crippen LogP contribution < -0.4 is 0 Å². The Morgan fingerprint density at radius 1 is 1.47 bits per heavy atom. The van der Waals surface area contributed by atoms with Gasteiger partial charge in [-0.15, -0.1) is 0 Å². The van der Waals surface area contributed by atoms with E-state index in [0.29, 0.717) is 6.61 Å². The highest BCUT2D eigenvalue weighted by Crippen LogP contribution is 2.34. The van der Waals surface area contributed by atoms with Crippen LogP contribution in [0.1, 0.15) is 24.0 Å². The van der Waals surface area contributed by atoms with Gasteiger partial charge in [0.25, 0.3) is 0 Å². The molecule has 0 saturated heterocycles. The first-order valence-electron chi connectivity index (χ1n) is 5.61. The lowest BCUT2D eigenvalue weighted by Gasteiger charge is -2.23. The summed E-state index contributed by atoms with van der Waals surface area (Å²) in [6.45, 7) is 2.10. The van der Waals surface area contributed by atoms with Gasteiger partial charge in [0.15, 0.2) is 0 Å². The smallest absolute Gasteiger partial charge is 0.315 e. The van der Waals surface area contributed by atoms with Crippen LogP contribution in [0.2, 0.25) is 0 Å². The summed E-state index contributed by atoms with van der Waals surface area (Å²) in [4.78, 5) is 11.9. The molecule has 1 aromatic rings. The standard InChI is InChI=1S/C14H13NO2/c1-2-17-14(16)13-11(9-15)8-7-10-5-3-4-6-12(10)13/h3-8,11,13H,2H2,1H3/t11-,13-/m0/s1. The number of ether oxygens (including phenoxy) is 1. The first-order chi connectivity index (χ1) is 8.27. The topological polar surface area (TPSA) is 50.1 Å². The van der Waals surface area contributed by atoms with E-state index in [4.69, 9.17) is 10.00 Å². The number of hydrogen-bond acceptors (Lipinski definition) is 3. The van der Waals surface area contributed by atoms with E-state index in [1.807, 2.05) is 30.3 Å². The second-order valence-electron chi connectivity index (χ2n) is 3.87. The summed E-state index contributed by atoms with van der Waals surface area (Å²) in [6, 6.07) is 9.75. The zero-order valence-electron chi connectivity index (χ0n) is 9.59. The van der Waals surface area contributed by atoms with E-state index >= 15 is 0 Å². The van der Waals surface area contributed by atoms with Gasteiger partial charge in [0, 0.05) is 0 Å². The molecule has 0 aliphatic heterocycles. The third-order valence-corrected chi connectivity index (χ3v) is 2.86. The molecule has 0 radical (unpaired) electrons. The number of esters is 1. The van der Waals surface area contributed by atoms with Crippen molar-refractivity contribution in [2.75, 3.05) is 6.61 Å². The van der Waals surface area contributed by atoms with Crippen LogP contribution in [0.4, 0.5) is 0 Å². The van der Waals surface area contributed by atoms with Crippen molar-refractivity contribution in [1.82, 2.24) is 0 Å². The molecule has 0 unspecified atom stereocenters. The molecule has 0 amide bonds. The molecule has 0 spiro atoms. The Labute approximate surface area is 100 Å². The SMILES string of the molecule is CCOC(=O)[C@@H]1c2ccccc2C=C[C@H]1C#N. The Morgan fingerprint density at radius 2 is 2.24 bits per heavy atom. The van der Waals surface area contributed by atoms with Gasteiger partial charge in [0.1, 0.15) is 5.92 Å². The summed E-state index contributed by atoms with van der Waals surface area (Å²) in [5.74, 6) is -1.26. The Morgan fingerprint density at radius 3 is 2.94 bits per heavy atom. The van der Waals surface area contributed by atoms with Gasteiger partial charge in [0.2, 0.25) is 0 Å². The van der Waals surface area contributed by atoms with E-state index in [-0.39, 0.29) is 5.97 Å². The third kappa shape index (κ3) is 2.07. The highest BCUT2D eigenvalue weighted by atomic mass is 16.5. The molecule has 1 aromatic carbocycles. The van der Waals surface area contributed by atoms with Crippen molar-refractivity contribution < 1.29 is 9.53 Å². The van der Waals surface area contributed by atoms with Gasteiger partial charge in [-0.1, -0.05) is 36.4 Å². The monoisotopic (exact) mass is 227 g/mol. The molecule has 0 bridgehead atoms. The molecule has 0 saturated carbocycles. The summed E-state index contributed by atoms with van der Waals surface area (Å²) in [5, 5.41) is 9.10. The number of carbonyl (C=O) groups excluding carboxylic acids is 1. The fourth-order valence-electron chi connectivity index (χ4n) is 2.08. The third-order valence-electron chi connectivity index (χ3n) is 2.86. The highest BCUT2D eigenvalue weighted by Gasteiger charge is 2.33. The number of hydrogen-bond donors (Lipinski definition) is 0. The van der Waals surface area contributed by atoms with Gasteiger partial charge in [-0.3, -0.25) is 4.79 Å². The van der Waals surface area contributed by atoms with Crippen LogP contribution in [0.15, 0.2) is 30.3 Å². The second-order valence-corrected chi connectivity index (χ2v) is 3.87. The Kier molecular flexibility index (Phi) is 3.24. The van der Waals surface area contributed by atoms with Crippen LogP contribution >= 0.6 is 0 Å². The normalized spacial score (nSPS) is 21.4. The molecule has 2 atom stereocenters. The van der Waals surface area contributed by atoms with Crippen molar-refractivity contribution in [3.63, 3.8) is 0 Å². The molecule has 3 nitrogen and oxygen atoms in total. The lowest BCUT2D eigenvalue weighted by molar-refractivity contribution is -0.145. The number of nitriles is 1. The van der Waals surface area contributed by atoms with Crippen LogP contribution in [-0.4, -0.2) is 12.6 Å². The molecule has 1 aliphatic rings. The molecule has 0 aromatic heterocycles. The van der Waals surface area contributed by atoms with Crippen molar-refractivity contribution in [3.8, 4) is 6.07 Å². The molecule has 3 heteroatoms. The number of nitrogens with zero attached hydrogens (tertiary/aromatic N) is 1. The number of fused-ring (bicyclic) bond motifs is 1. The number of allylic oxidation sites excluding steroid dienone is 1. The zero-order chi connectivity index (χ0) is 12.3. The Bertz CT molecular complexity index is 499. The maximum atomic E-state index is 11.9. The molecule has 2 rings (SSSR count). The van der Waals surface area contributed by atoms with E-state index in [1.54, 1.807) is 13.0 Å². The van der Waals surface area contributed by atoms with Gasteiger partial charge in [-0.25, -0.2) is 0 Å². The molecule has 1 aliphatic carbocycles. The maximum Gasteiger partial charge on any atom is 0.315 e. The van der Waals surface area contributed by atoms with Gasteiger partial charge >= 0.3 is 5.97 Å². The largest absolute Gasteiger partial charge is 0.465 e. The lowest BCUT2D eigenvalue weighted by Crippen LogP contribution is -2.24. The lowest BCUT2D eigenvalue weighted by atomic mass is 9.80. The first-order valence-corrected chi connectivity index (χ1v) is 5.61. The van der Waals surface area contributed by atoms with E-state index in [2.05, 4.69) is 6.07 Å². The van der Waals surface area contributed by atoms with Crippen LogP contribution in [0.25, 0.3) is 6.08 Å². The maximum absolute atomic E-state index is 11.9. The van der Waals surface area contributed by atoms with E-state index in [0.717, 1.165) is 11.1 Å². The number of benzene rings is 1. The predicted octanol–water partition coefficient (Wildman–Crippen LogP) is 2.50. The van der Waals surface area contributed by atoms with Gasteiger partial charge in [0.05, 0.1) is 18.6 Å². The van der Waals surface area contributed by atoms with Crippen molar-refractivity contribution in [2.24, 2.45) is 5.92 Å². The molecule has 0 N–H and O–H groups in total. The minimum absolute atomic E-state index is 0.323. The van der Waals surface area contributed by atoms with Crippen molar-refractivity contribution in [1.29, 1.82) is 5.26 Å². The summed E-state index contributed by atoms with van der Waals surface area (Å²) in [7, 11) is 0. The molecular weight excluding hydrogens is 214 g/mol. The van der Waals surface area contributed by atoms with Gasteiger partial charge < -0.3 is 4.74 Å². The van der Waals surface area contributed by atoms with Gasteiger partial charge in [-0.05, 0) is 18.1 Å². The summed E-state index contributed by atoms with van der Waals surface area (Å²) in [5.41, 5.74) is 1.86. The summed E-state index contributed by atoms with van der Waals surface area (Å²) in [6.07, 6.45) is 3.66. The number of carbonyl (C=O) groups is 1. The minimum atomic E-state index is -0.499. The highest BCUT2D eigenvalue weighted by molar-refractivity contribution is 5.83. The first kappa shape index (κ1) is 11.4. The summed E-state index contributed by atoms with van der Waals surface area (Å²) >= 11 is 0. The van der Waals surface area contributed by atoms with E-state index < -0.39 is 11.8 Å². The van der Waals surface area contributed by atoms with Crippen molar-refractivity contribution >= 4 is 12.0 Å². The van der Waals surface area contributed by atoms with E-state index in [9.17, 15) is 4.79 Å². The molecule has 17 heavy (non-hydrogen) atoms. The minimum Gasteiger partial charge on any atom is -0.465 e. The molecule has 0 fully saturated rings. The number of rotatable bonds is 2. The second kappa shape index (κ2) is 4.84. The zero-order valence-corrected chi connectivity index (χ0v) is 9.59. The Balaban J connectivity index is 2.43. The molecule has 86 valence electrons. The summed E-state index contributed by atoms with van der Waals surface area (Å²) < 4.78 is 5.05. The van der Waals surface area contributed by atoms with Crippen LogP contribution in [-0.2, 0) is 9.53 Å². The van der Waals surface area contributed by atoms with Crippen LogP contribution in [0, 0.1) is 17.2 Å². The van der Waals surface area contributed by atoms with Crippen molar-refractivity contribution in [2.45, 2.75) is 12.8 Å². The van der Waals surface area contributed by atoms with Crippen LogP contribution in [0.5, 0.6) is 0 Å². The van der Waals surface area contributed by atoms with E-state index in [1.165, 1.54) is 0 Å². The Hall–Kier alpha value is -2.08.